The fourth-order valence-corrected chi connectivity index (χ4v) is 2.21. The first-order valence-corrected chi connectivity index (χ1v) is 6.18. The summed E-state index contributed by atoms with van der Waals surface area (Å²) in [6.45, 7) is 3.54. The molecule has 0 spiro atoms. The molecule has 1 aromatic carbocycles. The van der Waals surface area contributed by atoms with Crippen LogP contribution < -0.4 is 11.1 Å². The number of nitrogens with zero attached hydrogens (tertiary/aromatic N) is 2. The summed E-state index contributed by atoms with van der Waals surface area (Å²) >= 11 is 5.04. The summed E-state index contributed by atoms with van der Waals surface area (Å²) < 4.78 is 15.2. The Morgan fingerprint density at radius 3 is 2.74 bits per heavy atom. The smallest absolute Gasteiger partial charge is 0.138 e. The average molecular weight is 278 g/mol. The molecule has 0 aliphatic carbocycles. The molecule has 2 rings (SSSR count). The summed E-state index contributed by atoms with van der Waals surface area (Å²) in [7, 11) is 1.78. The van der Waals surface area contributed by atoms with E-state index in [0.717, 1.165) is 5.69 Å². The fourth-order valence-electron chi connectivity index (χ4n) is 1.97. The number of hydrogen-bond acceptors (Lipinski definition) is 3. The van der Waals surface area contributed by atoms with Crippen molar-refractivity contribution in [2.75, 3.05) is 5.32 Å². The largest absolute Gasteiger partial charge is 0.389 e. The van der Waals surface area contributed by atoms with Gasteiger partial charge in [-0.1, -0.05) is 18.3 Å². The SMILES string of the molecule is Cc1nn(C)c(Nc2cccc(F)c2C)c1C(N)=S. The van der Waals surface area contributed by atoms with Crippen LogP contribution in [-0.4, -0.2) is 14.8 Å². The highest BCUT2D eigenvalue weighted by Crippen LogP contribution is 2.26. The third kappa shape index (κ3) is 2.44. The van der Waals surface area contributed by atoms with Crippen LogP contribution in [0, 0.1) is 19.7 Å². The van der Waals surface area contributed by atoms with E-state index in [1.54, 1.807) is 30.8 Å². The van der Waals surface area contributed by atoms with Gasteiger partial charge < -0.3 is 11.1 Å². The van der Waals surface area contributed by atoms with E-state index >= 15 is 0 Å². The minimum absolute atomic E-state index is 0.263. The van der Waals surface area contributed by atoms with E-state index in [1.807, 2.05) is 6.92 Å². The molecule has 0 aliphatic heterocycles. The van der Waals surface area contributed by atoms with Crippen molar-refractivity contribution in [1.82, 2.24) is 9.78 Å². The third-order valence-corrected chi connectivity index (χ3v) is 3.19. The molecule has 0 bridgehead atoms. The van der Waals surface area contributed by atoms with E-state index < -0.39 is 0 Å². The molecule has 4 nitrogen and oxygen atoms in total. The van der Waals surface area contributed by atoms with Gasteiger partial charge in [0, 0.05) is 18.3 Å². The van der Waals surface area contributed by atoms with Crippen molar-refractivity contribution >= 4 is 28.7 Å². The van der Waals surface area contributed by atoms with Crippen molar-refractivity contribution in [3.05, 3.63) is 40.8 Å². The highest BCUT2D eigenvalue weighted by molar-refractivity contribution is 7.80. The van der Waals surface area contributed by atoms with Gasteiger partial charge in [-0.25, -0.2) is 4.39 Å². The molecule has 0 amide bonds. The number of nitrogens with two attached hydrogens (primary N) is 1. The topological polar surface area (TPSA) is 55.9 Å². The maximum atomic E-state index is 13.5. The lowest BCUT2D eigenvalue weighted by Crippen LogP contribution is -2.13. The molecule has 100 valence electrons. The summed E-state index contributed by atoms with van der Waals surface area (Å²) in [5.74, 6) is 0.402. The third-order valence-electron chi connectivity index (χ3n) is 2.99. The molecule has 0 aliphatic rings. The molecule has 19 heavy (non-hydrogen) atoms. The Morgan fingerprint density at radius 2 is 2.11 bits per heavy atom. The lowest BCUT2D eigenvalue weighted by atomic mass is 10.1. The van der Waals surface area contributed by atoms with Crippen LogP contribution in [0.25, 0.3) is 0 Å². The van der Waals surface area contributed by atoms with Gasteiger partial charge in [0.05, 0.1) is 11.3 Å². The van der Waals surface area contributed by atoms with Crippen LogP contribution in [-0.2, 0) is 7.05 Å². The Bertz CT molecular complexity index is 648. The van der Waals surface area contributed by atoms with Crippen molar-refractivity contribution in [3.8, 4) is 0 Å². The number of aryl methyl sites for hydroxylation is 2. The van der Waals surface area contributed by atoms with Crippen molar-refractivity contribution in [2.24, 2.45) is 12.8 Å². The number of nitrogens with one attached hydrogen (secondary N) is 1. The van der Waals surface area contributed by atoms with Gasteiger partial charge >= 0.3 is 0 Å². The summed E-state index contributed by atoms with van der Waals surface area (Å²) in [6, 6.07) is 4.86. The Kier molecular flexibility index (Phi) is 3.53. The van der Waals surface area contributed by atoms with E-state index in [9.17, 15) is 4.39 Å². The number of benzene rings is 1. The highest BCUT2D eigenvalue weighted by Gasteiger charge is 2.16. The Hall–Kier alpha value is -1.95. The van der Waals surface area contributed by atoms with E-state index in [4.69, 9.17) is 18.0 Å². The molecule has 3 N–H and O–H groups in total. The quantitative estimate of drug-likeness (QED) is 0.847. The van der Waals surface area contributed by atoms with Crippen molar-refractivity contribution < 1.29 is 4.39 Å². The fraction of sp³-hybridized carbons (Fsp3) is 0.231. The number of halogens is 1. The van der Waals surface area contributed by atoms with Gasteiger partial charge in [-0.3, -0.25) is 4.68 Å². The van der Waals surface area contributed by atoms with Gasteiger partial charge in [0.1, 0.15) is 16.6 Å². The van der Waals surface area contributed by atoms with Gasteiger partial charge in [-0.15, -0.1) is 0 Å². The predicted octanol–water partition coefficient (Wildman–Crippen LogP) is 2.55. The first-order valence-electron chi connectivity index (χ1n) is 5.77. The van der Waals surface area contributed by atoms with E-state index in [0.29, 0.717) is 22.6 Å². The molecule has 0 saturated heterocycles. The first kappa shape index (κ1) is 13.5. The first-order chi connectivity index (χ1) is 8.91. The zero-order chi connectivity index (χ0) is 14.2. The second-order valence-electron chi connectivity index (χ2n) is 4.33. The second kappa shape index (κ2) is 4.97. The lowest BCUT2D eigenvalue weighted by Gasteiger charge is -2.12. The number of rotatable bonds is 3. The van der Waals surface area contributed by atoms with Crippen LogP contribution >= 0.6 is 12.2 Å². The van der Waals surface area contributed by atoms with Gasteiger partial charge in [-0.05, 0) is 26.0 Å². The molecule has 0 fully saturated rings. The Morgan fingerprint density at radius 1 is 1.42 bits per heavy atom. The lowest BCUT2D eigenvalue weighted by molar-refractivity contribution is 0.619. The molecular formula is C13H15FN4S. The van der Waals surface area contributed by atoms with E-state index in [-0.39, 0.29) is 10.8 Å². The van der Waals surface area contributed by atoms with Gasteiger partial charge in [0.25, 0.3) is 0 Å². The number of aromatic nitrogens is 2. The zero-order valence-corrected chi connectivity index (χ0v) is 11.8. The van der Waals surface area contributed by atoms with Crippen LogP contribution in [0.1, 0.15) is 16.8 Å². The summed E-state index contributed by atoms with van der Waals surface area (Å²) in [5, 5.41) is 7.42. The molecule has 2 aromatic rings. The normalized spacial score (nSPS) is 10.5. The molecule has 0 radical (unpaired) electrons. The van der Waals surface area contributed by atoms with Gasteiger partial charge in [0.15, 0.2) is 0 Å². The monoisotopic (exact) mass is 278 g/mol. The minimum atomic E-state index is -0.263. The molecule has 0 saturated carbocycles. The average Bonchev–Trinajstić information content (AvgIpc) is 2.60. The van der Waals surface area contributed by atoms with E-state index in [1.165, 1.54) is 6.07 Å². The van der Waals surface area contributed by atoms with Crippen LogP contribution in [0.5, 0.6) is 0 Å². The standard InChI is InChI=1S/C13H15FN4S/c1-7-9(14)5-4-6-10(7)16-13-11(12(15)19)8(2)17-18(13)3/h4-6,16H,1-3H3,(H2,15,19). The van der Waals surface area contributed by atoms with Gasteiger partial charge in [0.2, 0.25) is 0 Å². The van der Waals surface area contributed by atoms with Crippen LogP contribution in [0.3, 0.4) is 0 Å². The van der Waals surface area contributed by atoms with Crippen LogP contribution in [0.4, 0.5) is 15.9 Å². The highest BCUT2D eigenvalue weighted by atomic mass is 32.1. The molecule has 1 heterocycles. The summed E-state index contributed by atoms with van der Waals surface area (Å²) in [4.78, 5) is 0.266. The van der Waals surface area contributed by atoms with E-state index in [2.05, 4.69) is 10.4 Å². The molecule has 0 atom stereocenters. The van der Waals surface area contributed by atoms with Crippen LogP contribution in [0.2, 0.25) is 0 Å². The number of thiocarbonyl (C=S) groups is 1. The molecule has 1 aromatic heterocycles. The maximum Gasteiger partial charge on any atom is 0.138 e. The van der Waals surface area contributed by atoms with Gasteiger partial charge in [-0.2, -0.15) is 5.10 Å². The number of hydrogen-bond donors (Lipinski definition) is 2. The zero-order valence-electron chi connectivity index (χ0n) is 11.0. The molecule has 6 heteroatoms. The van der Waals surface area contributed by atoms with Crippen molar-refractivity contribution in [1.29, 1.82) is 0 Å². The maximum absolute atomic E-state index is 13.5. The number of anilines is 2. The Labute approximate surface area is 116 Å². The molecule has 0 unspecified atom stereocenters. The summed E-state index contributed by atoms with van der Waals surface area (Å²) in [6.07, 6.45) is 0. The second-order valence-corrected chi connectivity index (χ2v) is 4.77. The minimum Gasteiger partial charge on any atom is -0.389 e. The molecular weight excluding hydrogens is 263 g/mol. The van der Waals surface area contributed by atoms with Crippen molar-refractivity contribution in [2.45, 2.75) is 13.8 Å². The van der Waals surface area contributed by atoms with Crippen molar-refractivity contribution in [3.63, 3.8) is 0 Å². The van der Waals surface area contributed by atoms with Crippen LogP contribution in [0.15, 0.2) is 18.2 Å². The predicted molar refractivity (Wildman–Crippen MR) is 78.3 cm³/mol. The summed E-state index contributed by atoms with van der Waals surface area (Å²) in [5.41, 5.74) is 8.34. The Balaban J connectivity index is 2.49.